The van der Waals surface area contributed by atoms with Crippen molar-refractivity contribution in [3.05, 3.63) is 24.0 Å². The van der Waals surface area contributed by atoms with E-state index in [2.05, 4.69) is 16.9 Å². The number of carbonyl (C=O) groups is 2. The molecule has 4 N–H and O–H groups in total. The highest BCUT2D eigenvalue weighted by molar-refractivity contribution is 6.13. The predicted octanol–water partition coefficient (Wildman–Crippen LogP) is -0.207. The van der Waals surface area contributed by atoms with Crippen molar-refractivity contribution in [1.82, 2.24) is 5.32 Å². The normalized spacial score (nSPS) is 23.5. The summed E-state index contributed by atoms with van der Waals surface area (Å²) in [5.41, 5.74) is 4.50. The first-order valence-corrected chi connectivity index (χ1v) is 5.66. The van der Waals surface area contributed by atoms with Crippen molar-refractivity contribution in [2.45, 2.75) is 18.9 Å². The molecule has 1 saturated heterocycles. The number of nitrogens with one attached hydrogen (secondary N) is 1. The number of carbonyl (C=O) groups excluding carboxylic acids is 1. The molecule has 0 aromatic heterocycles. The minimum absolute atomic E-state index is 0.0653. The molecule has 1 aliphatic heterocycles. The zero-order valence-corrected chi connectivity index (χ0v) is 10.7. The van der Waals surface area contributed by atoms with Crippen LogP contribution in [-0.2, 0) is 14.3 Å². The number of nitrogens with two attached hydrogens (primary N) is 1. The van der Waals surface area contributed by atoms with E-state index in [1.54, 1.807) is 6.92 Å². The number of aliphatic carboxylic acids is 1. The molecule has 0 spiro atoms. The molecule has 1 amide bonds. The fourth-order valence-corrected chi connectivity index (χ4v) is 1.53. The molecule has 7 nitrogen and oxygen atoms in total. The van der Waals surface area contributed by atoms with Crippen LogP contribution in [0.5, 0.6) is 0 Å². The quantitative estimate of drug-likeness (QED) is 0.471. The Morgan fingerprint density at radius 2 is 2.26 bits per heavy atom. The molecule has 7 heteroatoms. The molecular formula is C12H17N3O4. The molecule has 1 aliphatic rings. The van der Waals surface area contributed by atoms with Crippen LogP contribution in [0.3, 0.4) is 0 Å². The van der Waals surface area contributed by atoms with Crippen molar-refractivity contribution < 1.29 is 19.4 Å². The summed E-state index contributed by atoms with van der Waals surface area (Å²) in [7, 11) is 0. The summed E-state index contributed by atoms with van der Waals surface area (Å²) in [4.78, 5) is 27.0. The number of hydrogen-bond donors (Lipinski definition) is 3. The van der Waals surface area contributed by atoms with E-state index in [-0.39, 0.29) is 25.2 Å². The second kappa shape index (κ2) is 6.14. The smallest absolute Gasteiger partial charge is 0.331 e. The average Bonchev–Trinajstić information content (AvgIpc) is 2.79. The molecule has 0 saturated carbocycles. The van der Waals surface area contributed by atoms with Crippen molar-refractivity contribution in [3.63, 3.8) is 0 Å². The summed E-state index contributed by atoms with van der Waals surface area (Å²) >= 11 is 0. The van der Waals surface area contributed by atoms with Crippen LogP contribution in [0.2, 0.25) is 0 Å². The van der Waals surface area contributed by atoms with Gasteiger partial charge in [-0.15, -0.1) is 0 Å². The van der Waals surface area contributed by atoms with Gasteiger partial charge in [-0.3, -0.25) is 9.79 Å². The van der Waals surface area contributed by atoms with Crippen molar-refractivity contribution in [2.24, 2.45) is 10.7 Å². The molecule has 0 aliphatic carbocycles. The molecular weight excluding hydrogens is 250 g/mol. The van der Waals surface area contributed by atoms with Crippen LogP contribution in [0.1, 0.15) is 13.3 Å². The van der Waals surface area contributed by atoms with Gasteiger partial charge in [0.05, 0.1) is 12.2 Å². The fraction of sp³-hybridized carbons (Fsp3) is 0.417. The Balaban J connectivity index is 2.82. The maximum Gasteiger partial charge on any atom is 0.331 e. The fourth-order valence-electron chi connectivity index (χ4n) is 1.53. The lowest BCUT2D eigenvalue weighted by molar-refractivity contribution is -0.147. The molecule has 1 fully saturated rings. The van der Waals surface area contributed by atoms with Crippen LogP contribution < -0.4 is 11.1 Å². The van der Waals surface area contributed by atoms with Gasteiger partial charge in [-0.1, -0.05) is 6.58 Å². The number of amides is 1. The number of carboxylic acids is 1. The van der Waals surface area contributed by atoms with Crippen LogP contribution in [0.4, 0.5) is 0 Å². The lowest BCUT2D eigenvalue weighted by Crippen LogP contribution is -2.55. The Hall–Kier alpha value is -2.15. The zero-order chi connectivity index (χ0) is 14.5. The Bertz CT molecular complexity index is 448. The number of aliphatic imine (C=N–C) groups is 1. The second-order valence-electron chi connectivity index (χ2n) is 4.26. The number of ether oxygens (including phenoxy) is 1. The van der Waals surface area contributed by atoms with Crippen LogP contribution in [0.15, 0.2) is 29.0 Å². The molecule has 19 heavy (non-hydrogen) atoms. The number of rotatable bonds is 5. The summed E-state index contributed by atoms with van der Waals surface area (Å²) < 4.78 is 5.04. The minimum atomic E-state index is -1.40. The highest BCUT2D eigenvalue weighted by atomic mass is 16.5. The van der Waals surface area contributed by atoms with E-state index in [4.69, 9.17) is 10.5 Å². The number of carboxylic acid groups (broad SMARTS) is 1. The van der Waals surface area contributed by atoms with E-state index in [0.717, 1.165) is 6.20 Å². The second-order valence-corrected chi connectivity index (χ2v) is 4.26. The van der Waals surface area contributed by atoms with E-state index in [0.29, 0.717) is 5.70 Å². The third kappa shape index (κ3) is 3.65. The summed E-state index contributed by atoms with van der Waals surface area (Å²) in [5.74, 6) is -1.74. The monoisotopic (exact) mass is 267 g/mol. The van der Waals surface area contributed by atoms with E-state index >= 15 is 0 Å². The largest absolute Gasteiger partial charge is 0.479 e. The van der Waals surface area contributed by atoms with Gasteiger partial charge in [-0.05, 0) is 6.92 Å². The van der Waals surface area contributed by atoms with Crippen molar-refractivity contribution >= 4 is 18.1 Å². The Kier molecular flexibility index (Phi) is 4.82. The lowest BCUT2D eigenvalue weighted by Gasteiger charge is -2.23. The van der Waals surface area contributed by atoms with Crippen LogP contribution >= 0.6 is 0 Å². The molecule has 0 aromatic carbocycles. The van der Waals surface area contributed by atoms with Gasteiger partial charge in [0.25, 0.3) is 5.91 Å². The van der Waals surface area contributed by atoms with Crippen LogP contribution in [0.25, 0.3) is 0 Å². The zero-order valence-electron chi connectivity index (χ0n) is 10.7. The van der Waals surface area contributed by atoms with Crippen molar-refractivity contribution in [1.29, 1.82) is 0 Å². The molecule has 0 bridgehead atoms. The molecule has 0 unspecified atom stereocenters. The molecule has 0 aromatic rings. The third-order valence-electron chi connectivity index (χ3n) is 2.65. The maximum atomic E-state index is 12.0. The highest BCUT2D eigenvalue weighted by Gasteiger charge is 2.44. The third-order valence-corrected chi connectivity index (χ3v) is 2.65. The summed E-state index contributed by atoms with van der Waals surface area (Å²) in [6.45, 7) is 5.43. The summed E-state index contributed by atoms with van der Waals surface area (Å²) in [5, 5.41) is 11.6. The van der Waals surface area contributed by atoms with Crippen molar-refractivity contribution in [3.8, 4) is 0 Å². The van der Waals surface area contributed by atoms with E-state index in [1.165, 1.54) is 6.21 Å². The van der Waals surface area contributed by atoms with E-state index in [9.17, 15) is 14.7 Å². The number of nitrogens with zero attached hydrogens (tertiary/aromatic N) is 1. The van der Waals surface area contributed by atoms with Gasteiger partial charge >= 0.3 is 5.97 Å². The first-order chi connectivity index (χ1) is 8.91. The SMILES string of the molecule is C=C(C)/N=C\C(=C/N)C(=O)N[C@@]1(C(=O)O)CCOC1. The Morgan fingerprint density at radius 3 is 2.68 bits per heavy atom. The van der Waals surface area contributed by atoms with Gasteiger partial charge in [0.1, 0.15) is 0 Å². The van der Waals surface area contributed by atoms with Crippen LogP contribution in [-0.4, -0.2) is 42.0 Å². The van der Waals surface area contributed by atoms with Gasteiger partial charge < -0.3 is 20.9 Å². The first-order valence-electron chi connectivity index (χ1n) is 5.66. The Labute approximate surface area is 110 Å². The van der Waals surface area contributed by atoms with Gasteiger partial charge in [0.15, 0.2) is 5.54 Å². The lowest BCUT2D eigenvalue weighted by atomic mass is 9.98. The topological polar surface area (TPSA) is 114 Å². The molecule has 104 valence electrons. The van der Waals surface area contributed by atoms with Crippen molar-refractivity contribution in [2.75, 3.05) is 13.2 Å². The predicted molar refractivity (Wildman–Crippen MR) is 69.5 cm³/mol. The molecule has 1 rings (SSSR count). The highest BCUT2D eigenvalue weighted by Crippen LogP contribution is 2.19. The molecule has 0 radical (unpaired) electrons. The maximum absolute atomic E-state index is 12.0. The van der Waals surface area contributed by atoms with Gasteiger partial charge in [-0.25, -0.2) is 4.79 Å². The summed E-state index contributed by atoms with van der Waals surface area (Å²) in [6, 6.07) is 0. The molecule has 1 atom stereocenters. The van der Waals surface area contributed by atoms with E-state index < -0.39 is 17.4 Å². The standard InChI is InChI=1S/C12H17N3O4/c1-8(2)14-6-9(5-13)10(16)15-12(11(17)18)3-4-19-7-12/h5-6H,1,3-4,7,13H2,2H3,(H,15,16)(H,17,18)/b9-5+,14-6-/t12-/m0/s1. The van der Waals surface area contributed by atoms with Crippen LogP contribution in [0, 0.1) is 0 Å². The number of allylic oxidation sites excluding steroid dienone is 1. The first kappa shape index (κ1) is 14.9. The summed E-state index contributed by atoms with van der Waals surface area (Å²) in [6.07, 6.45) is 2.51. The van der Waals surface area contributed by atoms with Gasteiger partial charge in [0.2, 0.25) is 0 Å². The van der Waals surface area contributed by atoms with Gasteiger partial charge in [-0.2, -0.15) is 0 Å². The Morgan fingerprint density at radius 1 is 1.58 bits per heavy atom. The van der Waals surface area contributed by atoms with E-state index in [1.807, 2.05) is 0 Å². The number of hydrogen-bond acceptors (Lipinski definition) is 5. The molecule has 1 heterocycles. The average molecular weight is 267 g/mol. The minimum Gasteiger partial charge on any atom is -0.479 e. The van der Waals surface area contributed by atoms with Gasteiger partial charge in [0, 0.05) is 31.1 Å².